The van der Waals surface area contributed by atoms with E-state index in [1.54, 1.807) is 7.11 Å². The number of aliphatic imine (C=N–C) groups is 1. The number of rotatable bonds is 9. The Kier molecular flexibility index (Phi) is 7.69. The van der Waals surface area contributed by atoms with Crippen molar-refractivity contribution in [3.05, 3.63) is 83.9 Å². The van der Waals surface area contributed by atoms with Crippen LogP contribution in [0.15, 0.2) is 72.0 Å². The first-order chi connectivity index (χ1) is 14.3. The van der Waals surface area contributed by atoms with Crippen LogP contribution in [0.1, 0.15) is 23.9 Å². The normalized spacial score (nSPS) is 11.3. The minimum absolute atomic E-state index is 0.525. The van der Waals surface area contributed by atoms with Crippen molar-refractivity contribution >= 4 is 5.96 Å². The van der Waals surface area contributed by atoms with Crippen LogP contribution in [-0.4, -0.2) is 35.7 Å². The molecule has 29 heavy (non-hydrogen) atoms. The van der Waals surface area contributed by atoms with Gasteiger partial charge in [0.1, 0.15) is 18.1 Å². The number of guanidine groups is 1. The summed E-state index contributed by atoms with van der Waals surface area (Å²) in [6.07, 6.45) is 4.75. The lowest BCUT2D eigenvalue weighted by molar-refractivity contribution is 0.414. The van der Waals surface area contributed by atoms with E-state index in [9.17, 15) is 0 Å². The van der Waals surface area contributed by atoms with Crippen molar-refractivity contribution in [2.45, 2.75) is 26.4 Å². The van der Waals surface area contributed by atoms with E-state index >= 15 is 0 Å². The molecule has 0 amide bonds. The fourth-order valence-electron chi connectivity index (χ4n) is 3.02. The lowest BCUT2D eigenvalue weighted by Gasteiger charge is -2.12. The summed E-state index contributed by atoms with van der Waals surface area (Å²) in [7, 11) is 1.68. The Balaban J connectivity index is 1.55. The second kappa shape index (κ2) is 10.9. The smallest absolute Gasteiger partial charge is 0.191 e. The second-order valence-corrected chi connectivity index (χ2v) is 6.68. The zero-order valence-electron chi connectivity index (χ0n) is 17.1. The molecule has 0 spiro atoms. The summed E-state index contributed by atoms with van der Waals surface area (Å²) in [6.45, 7) is 5.01. The Bertz CT molecular complexity index is 887. The van der Waals surface area contributed by atoms with Gasteiger partial charge in [-0.2, -0.15) is 0 Å². The topological polar surface area (TPSA) is 63.5 Å². The summed E-state index contributed by atoms with van der Waals surface area (Å²) in [5.74, 6) is 2.62. The number of nitrogens with zero attached hydrogens (tertiary/aromatic N) is 3. The highest BCUT2D eigenvalue weighted by atomic mass is 16.5. The van der Waals surface area contributed by atoms with Gasteiger partial charge in [-0.15, -0.1) is 0 Å². The van der Waals surface area contributed by atoms with Crippen LogP contribution in [0.2, 0.25) is 0 Å². The Morgan fingerprint density at radius 3 is 2.55 bits per heavy atom. The number of benzene rings is 2. The molecule has 0 aliphatic heterocycles. The number of imidazole rings is 1. The van der Waals surface area contributed by atoms with Crippen LogP contribution in [-0.2, 0) is 19.5 Å². The zero-order chi connectivity index (χ0) is 20.3. The number of methoxy groups -OCH3 is 1. The van der Waals surface area contributed by atoms with Crippen LogP contribution in [0.4, 0.5) is 0 Å². The van der Waals surface area contributed by atoms with Crippen molar-refractivity contribution in [2.75, 3.05) is 20.2 Å². The molecule has 0 aliphatic carbocycles. The molecule has 0 fully saturated rings. The first-order valence-electron chi connectivity index (χ1n) is 9.97. The Morgan fingerprint density at radius 1 is 1.03 bits per heavy atom. The quantitative estimate of drug-likeness (QED) is 0.434. The molecule has 0 saturated heterocycles. The zero-order valence-corrected chi connectivity index (χ0v) is 17.1. The van der Waals surface area contributed by atoms with Crippen LogP contribution >= 0.6 is 0 Å². The largest absolute Gasteiger partial charge is 0.497 e. The van der Waals surface area contributed by atoms with Gasteiger partial charge in [-0.3, -0.25) is 0 Å². The van der Waals surface area contributed by atoms with E-state index in [1.807, 2.05) is 30.6 Å². The molecule has 0 bridgehead atoms. The summed E-state index contributed by atoms with van der Waals surface area (Å²) in [4.78, 5) is 9.18. The number of aromatic nitrogens is 2. The van der Waals surface area contributed by atoms with Gasteiger partial charge < -0.3 is 19.9 Å². The van der Waals surface area contributed by atoms with Gasteiger partial charge in [-0.1, -0.05) is 42.5 Å². The molecule has 0 radical (unpaired) electrons. The molecular weight excluding hydrogens is 362 g/mol. The third kappa shape index (κ3) is 6.38. The van der Waals surface area contributed by atoms with E-state index in [0.29, 0.717) is 6.54 Å². The summed E-state index contributed by atoms with van der Waals surface area (Å²) in [6, 6.07) is 18.5. The maximum Gasteiger partial charge on any atom is 0.191 e. The third-order valence-electron chi connectivity index (χ3n) is 4.59. The summed E-state index contributed by atoms with van der Waals surface area (Å²) < 4.78 is 7.34. The van der Waals surface area contributed by atoms with Crippen molar-refractivity contribution in [3.8, 4) is 5.75 Å². The number of hydrogen-bond acceptors (Lipinski definition) is 3. The van der Waals surface area contributed by atoms with E-state index in [0.717, 1.165) is 43.6 Å². The van der Waals surface area contributed by atoms with Crippen molar-refractivity contribution in [1.82, 2.24) is 20.2 Å². The highest BCUT2D eigenvalue weighted by molar-refractivity contribution is 5.79. The molecule has 0 atom stereocenters. The van der Waals surface area contributed by atoms with Crippen molar-refractivity contribution < 1.29 is 4.74 Å². The molecule has 152 valence electrons. The highest BCUT2D eigenvalue weighted by Crippen LogP contribution is 2.11. The van der Waals surface area contributed by atoms with Crippen LogP contribution < -0.4 is 15.4 Å². The summed E-state index contributed by atoms with van der Waals surface area (Å²) in [5, 5.41) is 6.70. The first-order valence-corrected chi connectivity index (χ1v) is 9.97. The van der Waals surface area contributed by atoms with Gasteiger partial charge in [-0.05, 0) is 36.6 Å². The summed E-state index contributed by atoms with van der Waals surface area (Å²) >= 11 is 0. The van der Waals surface area contributed by atoms with E-state index < -0.39 is 0 Å². The van der Waals surface area contributed by atoms with Gasteiger partial charge in [0.15, 0.2) is 5.96 Å². The lowest BCUT2D eigenvalue weighted by Crippen LogP contribution is -2.38. The molecule has 2 N–H and O–H groups in total. The van der Waals surface area contributed by atoms with Crippen molar-refractivity contribution in [3.63, 3.8) is 0 Å². The predicted octanol–water partition coefficient (Wildman–Crippen LogP) is 3.24. The SMILES string of the molecule is CCNC(=NCc1nccn1Cc1ccccc1)NCCc1ccc(OC)cc1. The van der Waals surface area contributed by atoms with Crippen molar-refractivity contribution in [1.29, 1.82) is 0 Å². The molecule has 3 aromatic rings. The molecule has 6 nitrogen and oxygen atoms in total. The number of hydrogen-bond donors (Lipinski definition) is 2. The van der Waals surface area contributed by atoms with E-state index in [2.05, 4.69) is 63.5 Å². The van der Waals surface area contributed by atoms with Gasteiger partial charge in [0, 0.05) is 32.0 Å². The van der Waals surface area contributed by atoms with Gasteiger partial charge in [0.25, 0.3) is 0 Å². The average Bonchev–Trinajstić information content (AvgIpc) is 3.20. The Labute approximate surface area is 172 Å². The average molecular weight is 392 g/mol. The van der Waals surface area contributed by atoms with Gasteiger partial charge in [0.2, 0.25) is 0 Å². The minimum Gasteiger partial charge on any atom is -0.497 e. The fraction of sp³-hybridized carbons (Fsp3) is 0.304. The molecule has 1 aromatic heterocycles. The van der Waals surface area contributed by atoms with Gasteiger partial charge >= 0.3 is 0 Å². The van der Waals surface area contributed by atoms with Crippen LogP contribution in [0, 0.1) is 0 Å². The third-order valence-corrected chi connectivity index (χ3v) is 4.59. The molecule has 1 heterocycles. The predicted molar refractivity (Wildman–Crippen MR) is 117 cm³/mol. The molecule has 2 aromatic carbocycles. The van der Waals surface area contributed by atoms with Crippen LogP contribution in [0.3, 0.4) is 0 Å². The fourth-order valence-corrected chi connectivity index (χ4v) is 3.02. The molecule has 3 rings (SSSR count). The maximum atomic E-state index is 5.21. The Morgan fingerprint density at radius 2 is 1.83 bits per heavy atom. The van der Waals surface area contributed by atoms with Crippen LogP contribution in [0.5, 0.6) is 5.75 Å². The van der Waals surface area contributed by atoms with Crippen molar-refractivity contribution in [2.24, 2.45) is 4.99 Å². The molecule has 0 saturated carbocycles. The monoisotopic (exact) mass is 391 g/mol. The molecular formula is C23H29N5O. The minimum atomic E-state index is 0.525. The summed E-state index contributed by atoms with van der Waals surface area (Å²) in [5.41, 5.74) is 2.51. The van der Waals surface area contributed by atoms with E-state index in [-0.39, 0.29) is 0 Å². The molecule has 6 heteroatoms. The van der Waals surface area contributed by atoms with Crippen LogP contribution in [0.25, 0.3) is 0 Å². The van der Waals surface area contributed by atoms with Gasteiger partial charge in [-0.25, -0.2) is 9.98 Å². The first kappa shape index (κ1) is 20.5. The van der Waals surface area contributed by atoms with E-state index in [1.165, 1.54) is 11.1 Å². The van der Waals surface area contributed by atoms with Gasteiger partial charge in [0.05, 0.1) is 7.11 Å². The molecule has 0 aliphatic rings. The van der Waals surface area contributed by atoms with E-state index in [4.69, 9.17) is 9.73 Å². The number of nitrogens with one attached hydrogen (secondary N) is 2. The Hall–Kier alpha value is -3.28. The standard InChI is InChI=1S/C23H29N5O/c1-3-24-23(26-14-13-19-9-11-21(29-2)12-10-19)27-17-22-25-15-16-28(22)18-20-7-5-4-6-8-20/h4-12,15-16H,3,13-14,17-18H2,1-2H3,(H2,24,26,27). The molecule has 0 unspecified atom stereocenters. The highest BCUT2D eigenvalue weighted by Gasteiger charge is 2.04. The maximum absolute atomic E-state index is 5.21. The lowest BCUT2D eigenvalue weighted by atomic mass is 10.1. The second-order valence-electron chi connectivity index (χ2n) is 6.68. The number of ether oxygens (including phenoxy) is 1.